The summed E-state index contributed by atoms with van der Waals surface area (Å²) >= 11 is 1.78. The standard InChI is InChI=1S/C36H64N2O3S/c1-3-5-7-9-11-12-13-14-15-17-19-21-30-41-36(39)28-32-42-31-22-23-35(37)38-33-24-26-34(27-25-33)40-29-20-18-16-10-8-6-4-2/h24-27H,3-23,28-32H2,1-2H3,(H2,37,38). The molecule has 0 atom stereocenters. The Morgan fingerprint density at radius 1 is 0.643 bits per heavy atom. The van der Waals surface area contributed by atoms with Crippen molar-refractivity contribution >= 4 is 29.3 Å². The van der Waals surface area contributed by atoms with E-state index in [1.807, 2.05) is 24.3 Å². The van der Waals surface area contributed by atoms with Gasteiger partial charge in [-0.15, -0.1) is 0 Å². The number of esters is 1. The first-order valence-electron chi connectivity index (χ1n) is 17.4. The van der Waals surface area contributed by atoms with Crippen LogP contribution in [0.4, 0.5) is 5.69 Å². The van der Waals surface area contributed by atoms with Crippen molar-refractivity contribution < 1.29 is 14.3 Å². The molecule has 0 saturated heterocycles. The molecule has 0 heterocycles. The number of carbonyl (C=O) groups excluding carboxylic acids is 1. The monoisotopic (exact) mass is 604 g/mol. The molecule has 0 aliphatic rings. The summed E-state index contributed by atoms with van der Waals surface area (Å²) in [6, 6.07) is 7.87. The van der Waals surface area contributed by atoms with Gasteiger partial charge < -0.3 is 15.2 Å². The summed E-state index contributed by atoms with van der Waals surface area (Å²) < 4.78 is 11.3. The second-order valence-corrected chi connectivity index (χ2v) is 12.9. The first kappa shape index (κ1) is 38.3. The van der Waals surface area contributed by atoms with Crippen molar-refractivity contribution in [3.05, 3.63) is 24.3 Å². The molecule has 0 radical (unpaired) electrons. The van der Waals surface area contributed by atoms with Gasteiger partial charge in [-0.2, -0.15) is 11.8 Å². The van der Waals surface area contributed by atoms with Crippen molar-refractivity contribution in [2.24, 2.45) is 10.7 Å². The minimum Gasteiger partial charge on any atom is -0.494 e. The van der Waals surface area contributed by atoms with Crippen LogP contribution in [0.2, 0.25) is 0 Å². The van der Waals surface area contributed by atoms with Gasteiger partial charge in [-0.05, 0) is 49.3 Å². The highest BCUT2D eigenvalue weighted by molar-refractivity contribution is 7.99. The zero-order valence-electron chi connectivity index (χ0n) is 27.4. The zero-order valence-corrected chi connectivity index (χ0v) is 28.2. The van der Waals surface area contributed by atoms with Gasteiger partial charge >= 0.3 is 5.97 Å². The lowest BCUT2D eigenvalue weighted by atomic mass is 10.1. The molecule has 0 spiro atoms. The van der Waals surface area contributed by atoms with Gasteiger partial charge in [0.05, 0.1) is 31.2 Å². The Hall–Kier alpha value is -1.69. The summed E-state index contributed by atoms with van der Waals surface area (Å²) in [5.41, 5.74) is 7.00. The van der Waals surface area contributed by atoms with Gasteiger partial charge in [-0.25, -0.2) is 4.99 Å². The number of ether oxygens (including phenoxy) is 2. The van der Waals surface area contributed by atoms with E-state index in [0.717, 1.165) is 55.2 Å². The van der Waals surface area contributed by atoms with Crippen LogP contribution in [0.25, 0.3) is 0 Å². The van der Waals surface area contributed by atoms with Crippen molar-refractivity contribution in [2.75, 3.05) is 24.7 Å². The Labute approximate surface area is 263 Å². The summed E-state index contributed by atoms with van der Waals surface area (Å²) in [6.07, 6.45) is 27.0. The molecule has 0 aliphatic heterocycles. The number of benzene rings is 1. The number of amidine groups is 1. The van der Waals surface area contributed by atoms with E-state index in [2.05, 4.69) is 18.8 Å². The average molecular weight is 605 g/mol. The van der Waals surface area contributed by atoms with Crippen molar-refractivity contribution in [3.8, 4) is 5.75 Å². The van der Waals surface area contributed by atoms with E-state index in [-0.39, 0.29) is 5.97 Å². The number of aliphatic imine (C=N–C) groups is 1. The number of unbranched alkanes of at least 4 members (excludes halogenated alkanes) is 17. The number of hydrogen-bond acceptors (Lipinski definition) is 5. The smallest absolute Gasteiger partial charge is 0.306 e. The Kier molecular flexibility index (Phi) is 26.8. The van der Waals surface area contributed by atoms with Crippen LogP contribution in [0.5, 0.6) is 5.75 Å². The van der Waals surface area contributed by atoms with Crippen LogP contribution in [-0.2, 0) is 9.53 Å². The number of nitrogens with zero attached hydrogens (tertiary/aromatic N) is 1. The maximum atomic E-state index is 12.0. The molecule has 6 heteroatoms. The van der Waals surface area contributed by atoms with Crippen LogP contribution < -0.4 is 10.5 Å². The van der Waals surface area contributed by atoms with E-state index in [1.54, 1.807) is 11.8 Å². The highest BCUT2D eigenvalue weighted by Gasteiger charge is 2.04. The molecule has 2 N–H and O–H groups in total. The van der Waals surface area contributed by atoms with Gasteiger partial charge in [0.25, 0.3) is 0 Å². The van der Waals surface area contributed by atoms with E-state index in [9.17, 15) is 4.79 Å². The minimum absolute atomic E-state index is 0.0681. The number of carbonyl (C=O) groups is 1. The maximum absolute atomic E-state index is 12.0. The average Bonchev–Trinajstić information content (AvgIpc) is 2.99. The lowest BCUT2D eigenvalue weighted by molar-refractivity contribution is -0.143. The van der Waals surface area contributed by atoms with Crippen molar-refractivity contribution in [3.63, 3.8) is 0 Å². The largest absolute Gasteiger partial charge is 0.494 e. The predicted molar refractivity (Wildman–Crippen MR) is 184 cm³/mol. The normalized spacial score (nSPS) is 11.6. The fourth-order valence-corrected chi connectivity index (χ4v) is 5.77. The third-order valence-electron chi connectivity index (χ3n) is 7.56. The first-order chi connectivity index (χ1) is 20.7. The Balaban J connectivity index is 1.94. The molecule has 242 valence electrons. The van der Waals surface area contributed by atoms with Crippen LogP contribution in [0, 0.1) is 0 Å². The predicted octanol–water partition coefficient (Wildman–Crippen LogP) is 11.0. The number of hydrogen-bond donors (Lipinski definition) is 1. The summed E-state index contributed by atoms with van der Waals surface area (Å²) in [6.45, 7) is 5.86. The molecule has 1 aromatic carbocycles. The van der Waals surface area contributed by atoms with Crippen LogP contribution >= 0.6 is 11.8 Å². The molecule has 0 saturated carbocycles. The molecule has 1 aromatic rings. The van der Waals surface area contributed by atoms with E-state index >= 15 is 0 Å². The first-order valence-corrected chi connectivity index (χ1v) is 18.6. The van der Waals surface area contributed by atoms with Crippen molar-refractivity contribution in [1.82, 2.24) is 0 Å². The Morgan fingerprint density at radius 2 is 1.14 bits per heavy atom. The second kappa shape index (κ2) is 29.4. The van der Waals surface area contributed by atoms with Gasteiger partial charge in [0.15, 0.2) is 0 Å². The van der Waals surface area contributed by atoms with Gasteiger partial charge in [0.2, 0.25) is 0 Å². The second-order valence-electron chi connectivity index (χ2n) is 11.6. The quantitative estimate of drug-likeness (QED) is 0.0409. The fourth-order valence-electron chi connectivity index (χ4n) is 4.90. The maximum Gasteiger partial charge on any atom is 0.306 e. The molecule has 0 aliphatic carbocycles. The lowest BCUT2D eigenvalue weighted by Crippen LogP contribution is -2.11. The van der Waals surface area contributed by atoms with Gasteiger partial charge in [0.1, 0.15) is 5.75 Å². The van der Waals surface area contributed by atoms with Crippen molar-refractivity contribution in [2.45, 2.75) is 155 Å². The van der Waals surface area contributed by atoms with E-state index in [0.29, 0.717) is 18.9 Å². The third kappa shape index (κ3) is 24.9. The summed E-state index contributed by atoms with van der Waals surface area (Å²) in [5, 5.41) is 0. The topological polar surface area (TPSA) is 73.9 Å². The summed E-state index contributed by atoms with van der Waals surface area (Å²) in [4.78, 5) is 16.5. The number of rotatable bonds is 30. The number of nitrogens with two attached hydrogens (primary N) is 1. The summed E-state index contributed by atoms with van der Waals surface area (Å²) in [7, 11) is 0. The third-order valence-corrected chi connectivity index (χ3v) is 8.63. The summed E-state index contributed by atoms with van der Waals surface area (Å²) in [5.74, 6) is 3.24. The molecule has 0 bridgehead atoms. The molecular weight excluding hydrogens is 540 g/mol. The Morgan fingerprint density at radius 3 is 1.69 bits per heavy atom. The van der Waals surface area contributed by atoms with Crippen LogP contribution in [0.3, 0.4) is 0 Å². The molecule has 5 nitrogen and oxygen atoms in total. The molecule has 0 fully saturated rings. The van der Waals surface area contributed by atoms with Crippen molar-refractivity contribution in [1.29, 1.82) is 0 Å². The van der Waals surface area contributed by atoms with E-state index in [4.69, 9.17) is 15.2 Å². The van der Waals surface area contributed by atoms with Crippen LogP contribution in [0.1, 0.15) is 155 Å². The molecule has 0 amide bonds. The van der Waals surface area contributed by atoms with Gasteiger partial charge in [-0.3, -0.25) is 4.79 Å². The SMILES string of the molecule is CCCCCCCCCCCCCCOC(=O)CCSCCCC(N)=Nc1ccc(OCCCCCCCCC)cc1. The van der Waals surface area contributed by atoms with E-state index < -0.39 is 0 Å². The molecule has 42 heavy (non-hydrogen) atoms. The zero-order chi connectivity index (χ0) is 30.4. The van der Waals surface area contributed by atoms with E-state index in [1.165, 1.54) is 109 Å². The highest BCUT2D eigenvalue weighted by atomic mass is 32.2. The van der Waals surface area contributed by atoms with Crippen LogP contribution in [-0.4, -0.2) is 36.5 Å². The van der Waals surface area contributed by atoms with Gasteiger partial charge in [0, 0.05) is 12.2 Å². The number of thioether (sulfide) groups is 1. The molecule has 1 rings (SSSR count). The molecule has 0 unspecified atom stereocenters. The van der Waals surface area contributed by atoms with Gasteiger partial charge in [-0.1, -0.05) is 123 Å². The minimum atomic E-state index is -0.0681. The highest BCUT2D eigenvalue weighted by Crippen LogP contribution is 2.19. The Bertz CT molecular complexity index is 769. The van der Waals surface area contributed by atoms with Crippen LogP contribution in [0.15, 0.2) is 29.3 Å². The lowest BCUT2D eigenvalue weighted by Gasteiger charge is -2.07. The molecular formula is C36H64N2O3S. The molecule has 0 aromatic heterocycles. The fraction of sp³-hybridized carbons (Fsp3) is 0.778.